The molecule has 0 atom stereocenters. The minimum Gasteiger partial charge on any atom is -0.484 e. The van der Waals surface area contributed by atoms with Gasteiger partial charge in [-0.1, -0.05) is 32.4 Å². The Bertz CT molecular complexity index is 1300. The third kappa shape index (κ3) is 7.31. The Hall–Kier alpha value is -3.00. The quantitative estimate of drug-likeness (QED) is 0.136. The fourth-order valence-corrected chi connectivity index (χ4v) is 4.90. The lowest BCUT2D eigenvalue weighted by Gasteiger charge is -2.40. The van der Waals surface area contributed by atoms with Crippen molar-refractivity contribution in [1.29, 1.82) is 0 Å². The van der Waals surface area contributed by atoms with Crippen molar-refractivity contribution in [3.63, 3.8) is 0 Å². The summed E-state index contributed by atoms with van der Waals surface area (Å²) >= 11 is 1.36. The summed E-state index contributed by atoms with van der Waals surface area (Å²) in [5.41, 5.74) is -0.368. The maximum atomic E-state index is 13.2. The summed E-state index contributed by atoms with van der Waals surface area (Å²) in [6, 6.07) is 12.4. The van der Waals surface area contributed by atoms with Crippen molar-refractivity contribution >= 4 is 27.4 Å². The maximum absolute atomic E-state index is 13.2. The molecule has 0 spiro atoms. The van der Waals surface area contributed by atoms with E-state index in [9.17, 15) is 18.0 Å². The lowest BCUT2D eigenvalue weighted by Crippen LogP contribution is -2.52. The first-order valence-electron chi connectivity index (χ1n) is 12.6. The second-order valence-corrected chi connectivity index (χ2v) is 11.5. The highest BCUT2D eigenvalue weighted by molar-refractivity contribution is 7.22. The number of carbonyl (C=O) groups is 1. The molecule has 3 aromatic rings. The minimum absolute atomic E-state index is 0.197. The summed E-state index contributed by atoms with van der Waals surface area (Å²) in [4.78, 5) is 12.8. The molecule has 0 saturated heterocycles. The number of unbranched alkanes of at least 4 members (excludes halogenated alkanes) is 2. The SMILES string of the molecule is C=C(C)C(=O)OC(C)(C)C(C)(C)Oc1ccc2cc(-c3ccc(CCCCC)cc3OC(F)(F)F)sc2c1. The van der Waals surface area contributed by atoms with Crippen LogP contribution in [0.4, 0.5) is 13.2 Å². The minimum atomic E-state index is -4.79. The van der Waals surface area contributed by atoms with E-state index in [1.165, 1.54) is 17.4 Å². The van der Waals surface area contributed by atoms with Crippen molar-refractivity contribution < 1.29 is 32.2 Å². The van der Waals surface area contributed by atoms with Gasteiger partial charge in [-0.15, -0.1) is 24.5 Å². The van der Waals surface area contributed by atoms with Gasteiger partial charge in [0.25, 0.3) is 0 Å². The summed E-state index contributed by atoms with van der Waals surface area (Å²) in [5.74, 6) is -0.150. The number of thiophene rings is 1. The molecule has 0 aliphatic carbocycles. The number of benzene rings is 2. The molecule has 0 fully saturated rings. The molecule has 1 aromatic heterocycles. The Morgan fingerprint density at radius 1 is 0.947 bits per heavy atom. The summed E-state index contributed by atoms with van der Waals surface area (Å²) in [6.07, 6.45) is -1.13. The maximum Gasteiger partial charge on any atom is 0.573 e. The number of alkyl halides is 3. The van der Waals surface area contributed by atoms with E-state index in [2.05, 4.69) is 18.2 Å². The third-order valence-electron chi connectivity index (χ3n) is 6.62. The molecular weight excluding hydrogens is 513 g/mol. The van der Waals surface area contributed by atoms with Crippen LogP contribution >= 0.6 is 11.3 Å². The van der Waals surface area contributed by atoms with Crippen LogP contribution in [-0.4, -0.2) is 23.5 Å². The highest BCUT2D eigenvalue weighted by atomic mass is 32.1. The number of rotatable bonds is 11. The molecule has 0 bridgehead atoms. The molecule has 0 saturated carbocycles. The molecule has 206 valence electrons. The molecule has 8 heteroatoms. The van der Waals surface area contributed by atoms with E-state index >= 15 is 0 Å². The van der Waals surface area contributed by atoms with Crippen LogP contribution in [0.5, 0.6) is 11.5 Å². The van der Waals surface area contributed by atoms with E-state index in [1.54, 1.807) is 32.9 Å². The monoisotopic (exact) mass is 548 g/mol. The molecule has 0 aliphatic rings. The second-order valence-electron chi connectivity index (χ2n) is 10.4. The van der Waals surface area contributed by atoms with Gasteiger partial charge in [0.15, 0.2) is 0 Å². The van der Waals surface area contributed by atoms with Crippen molar-refractivity contribution in [2.45, 2.75) is 84.8 Å². The topological polar surface area (TPSA) is 44.8 Å². The van der Waals surface area contributed by atoms with Crippen molar-refractivity contribution in [2.24, 2.45) is 0 Å². The zero-order chi connectivity index (χ0) is 28.3. The number of halogens is 3. The average Bonchev–Trinajstić information content (AvgIpc) is 3.20. The molecule has 1 heterocycles. The van der Waals surface area contributed by atoms with E-state index in [-0.39, 0.29) is 5.75 Å². The van der Waals surface area contributed by atoms with Gasteiger partial charge in [0.1, 0.15) is 22.7 Å². The Labute approximate surface area is 226 Å². The van der Waals surface area contributed by atoms with Gasteiger partial charge in [-0.25, -0.2) is 4.79 Å². The summed E-state index contributed by atoms with van der Waals surface area (Å²) in [6.45, 7) is 14.5. The molecule has 0 radical (unpaired) electrons. The van der Waals surface area contributed by atoms with Crippen molar-refractivity contribution in [1.82, 2.24) is 0 Å². The Kier molecular flexibility index (Phi) is 8.86. The Morgan fingerprint density at radius 3 is 2.29 bits per heavy atom. The first kappa shape index (κ1) is 29.6. The van der Waals surface area contributed by atoms with Crippen LogP contribution in [0.2, 0.25) is 0 Å². The number of hydrogen-bond donors (Lipinski definition) is 0. The molecule has 4 nitrogen and oxygen atoms in total. The number of fused-ring (bicyclic) bond motifs is 1. The van der Waals surface area contributed by atoms with Gasteiger partial charge in [0.2, 0.25) is 0 Å². The van der Waals surface area contributed by atoms with Crippen LogP contribution in [0.3, 0.4) is 0 Å². The third-order valence-corrected chi connectivity index (χ3v) is 7.75. The number of carbonyl (C=O) groups excluding carboxylic acids is 1. The predicted octanol–water partition coefficient (Wildman–Crippen LogP) is 9.25. The van der Waals surface area contributed by atoms with Gasteiger partial charge < -0.3 is 14.2 Å². The average molecular weight is 549 g/mol. The zero-order valence-electron chi connectivity index (χ0n) is 22.8. The second kappa shape index (κ2) is 11.4. The van der Waals surface area contributed by atoms with Gasteiger partial charge in [0.05, 0.1) is 0 Å². The Morgan fingerprint density at radius 2 is 1.66 bits per heavy atom. The van der Waals surface area contributed by atoms with Crippen molar-refractivity contribution in [3.8, 4) is 21.9 Å². The van der Waals surface area contributed by atoms with Gasteiger partial charge in [0, 0.05) is 20.7 Å². The van der Waals surface area contributed by atoms with E-state index in [1.807, 2.05) is 38.1 Å². The highest BCUT2D eigenvalue weighted by Crippen LogP contribution is 2.42. The van der Waals surface area contributed by atoms with E-state index < -0.39 is 23.5 Å². The molecule has 2 aromatic carbocycles. The zero-order valence-corrected chi connectivity index (χ0v) is 23.6. The molecular formula is C30H35F3O4S. The molecule has 0 amide bonds. The number of ether oxygens (including phenoxy) is 3. The van der Waals surface area contributed by atoms with Gasteiger partial charge in [-0.3, -0.25) is 0 Å². The fourth-order valence-electron chi connectivity index (χ4n) is 3.78. The first-order chi connectivity index (χ1) is 17.6. The van der Waals surface area contributed by atoms with Crippen LogP contribution in [0.15, 0.2) is 54.6 Å². The first-order valence-corrected chi connectivity index (χ1v) is 13.4. The summed E-state index contributed by atoms with van der Waals surface area (Å²) in [5, 5.41) is 0.869. The number of hydrogen-bond acceptors (Lipinski definition) is 5. The van der Waals surface area contributed by atoms with Crippen LogP contribution in [0.25, 0.3) is 20.5 Å². The standard InChI is InChI=1S/C30H35F3O4S/c1-8-9-10-11-20-12-15-23(24(16-20)36-30(31,32)33)26-17-21-13-14-22(18-25(21)38-26)35-28(4,5)29(6,7)37-27(34)19(2)3/h12-18H,2,8-11H2,1,3-7H3. The summed E-state index contributed by atoms with van der Waals surface area (Å²) < 4.78 is 56.9. The predicted molar refractivity (Wildman–Crippen MR) is 147 cm³/mol. The number of aryl methyl sites for hydroxylation is 1. The van der Waals surface area contributed by atoms with Crippen LogP contribution in [0, 0.1) is 0 Å². The fraction of sp³-hybridized carbons (Fsp3) is 0.433. The largest absolute Gasteiger partial charge is 0.573 e. The molecule has 38 heavy (non-hydrogen) atoms. The van der Waals surface area contributed by atoms with E-state index in [0.717, 1.165) is 34.9 Å². The lowest BCUT2D eigenvalue weighted by molar-refractivity contribution is -0.274. The highest BCUT2D eigenvalue weighted by Gasteiger charge is 2.43. The van der Waals surface area contributed by atoms with Gasteiger partial charge in [-0.05, 0) is 94.8 Å². The lowest BCUT2D eigenvalue weighted by atomic mass is 9.89. The normalized spacial score (nSPS) is 12.4. The molecule has 0 aliphatic heterocycles. The molecule has 3 rings (SSSR count). The number of esters is 1. The van der Waals surface area contributed by atoms with Crippen LogP contribution < -0.4 is 9.47 Å². The van der Waals surface area contributed by atoms with Gasteiger partial charge in [-0.2, -0.15) is 0 Å². The van der Waals surface area contributed by atoms with Crippen LogP contribution in [0.1, 0.15) is 66.4 Å². The van der Waals surface area contributed by atoms with E-state index in [0.29, 0.717) is 28.2 Å². The van der Waals surface area contributed by atoms with Crippen LogP contribution in [-0.2, 0) is 16.0 Å². The van der Waals surface area contributed by atoms with Crippen molar-refractivity contribution in [3.05, 3.63) is 60.2 Å². The smallest absolute Gasteiger partial charge is 0.484 e. The molecule has 0 unspecified atom stereocenters. The van der Waals surface area contributed by atoms with E-state index in [4.69, 9.17) is 9.47 Å². The van der Waals surface area contributed by atoms with Gasteiger partial charge >= 0.3 is 12.3 Å². The molecule has 0 N–H and O–H groups in total. The Balaban J connectivity index is 1.91. The van der Waals surface area contributed by atoms with Crippen molar-refractivity contribution in [2.75, 3.05) is 0 Å². The summed E-state index contributed by atoms with van der Waals surface area (Å²) in [7, 11) is 0.